The van der Waals surface area contributed by atoms with Crippen molar-refractivity contribution >= 4 is 21.8 Å². The van der Waals surface area contributed by atoms with Crippen molar-refractivity contribution in [1.82, 2.24) is 4.90 Å². The summed E-state index contributed by atoms with van der Waals surface area (Å²) >= 11 is 3.36. The zero-order valence-corrected chi connectivity index (χ0v) is 12.8. The molecule has 1 aliphatic carbocycles. The minimum Gasteiger partial charge on any atom is -0.335 e. The molecule has 0 saturated heterocycles. The van der Waals surface area contributed by atoms with Gasteiger partial charge in [0.2, 0.25) is 0 Å². The smallest absolute Gasteiger partial charge is 0.254 e. The van der Waals surface area contributed by atoms with Crippen LogP contribution in [0.2, 0.25) is 0 Å². The first-order valence-corrected chi connectivity index (χ1v) is 8.07. The summed E-state index contributed by atoms with van der Waals surface area (Å²) in [7, 11) is 0. The summed E-state index contributed by atoms with van der Waals surface area (Å²) in [6.07, 6.45) is 5.42. The molecule has 2 rings (SSSR count). The van der Waals surface area contributed by atoms with Crippen LogP contribution in [0.5, 0.6) is 0 Å². The lowest BCUT2D eigenvalue weighted by atomic mass is 9.93. The second kappa shape index (κ2) is 7.16. The van der Waals surface area contributed by atoms with Gasteiger partial charge in [0.25, 0.3) is 5.91 Å². The molecule has 0 atom stereocenters. The van der Waals surface area contributed by atoms with Crippen molar-refractivity contribution in [3.63, 3.8) is 0 Å². The van der Waals surface area contributed by atoms with Gasteiger partial charge in [-0.25, -0.2) is 8.78 Å². The van der Waals surface area contributed by atoms with Crippen LogP contribution in [0, 0.1) is 11.6 Å². The van der Waals surface area contributed by atoms with Crippen molar-refractivity contribution in [3.05, 3.63) is 35.4 Å². The molecule has 0 unspecified atom stereocenters. The number of carbonyl (C=O) groups excluding carboxylic acids is 1. The van der Waals surface area contributed by atoms with E-state index < -0.39 is 11.6 Å². The van der Waals surface area contributed by atoms with Gasteiger partial charge in [-0.2, -0.15) is 0 Å². The Morgan fingerprint density at radius 3 is 2.50 bits per heavy atom. The molecule has 110 valence electrons. The molecule has 0 N–H and O–H groups in total. The predicted octanol–water partition coefficient (Wildman–Crippen LogP) is 4.13. The average Bonchev–Trinajstić information content (AvgIpc) is 2.48. The maximum atomic E-state index is 13.3. The lowest BCUT2D eigenvalue weighted by Crippen LogP contribution is -2.42. The quantitative estimate of drug-likeness (QED) is 0.751. The lowest BCUT2D eigenvalue weighted by Gasteiger charge is -2.34. The van der Waals surface area contributed by atoms with Gasteiger partial charge in [0.05, 0.1) is 0 Å². The monoisotopic (exact) mass is 345 g/mol. The van der Waals surface area contributed by atoms with E-state index in [4.69, 9.17) is 0 Å². The Kier molecular flexibility index (Phi) is 5.52. The van der Waals surface area contributed by atoms with E-state index in [0.717, 1.165) is 37.8 Å². The first-order valence-electron chi connectivity index (χ1n) is 6.95. The molecule has 0 bridgehead atoms. The minimum atomic E-state index is -0.974. The van der Waals surface area contributed by atoms with E-state index in [-0.39, 0.29) is 17.5 Å². The molecule has 1 aromatic carbocycles. The highest BCUT2D eigenvalue weighted by Gasteiger charge is 2.26. The fraction of sp³-hybridized carbons (Fsp3) is 0.533. The van der Waals surface area contributed by atoms with Crippen molar-refractivity contribution < 1.29 is 13.6 Å². The molecule has 1 saturated carbocycles. The lowest BCUT2D eigenvalue weighted by molar-refractivity contribution is 0.0650. The number of carbonyl (C=O) groups is 1. The Balaban J connectivity index is 2.18. The maximum Gasteiger partial charge on any atom is 0.254 e. The molecule has 2 nitrogen and oxygen atoms in total. The Morgan fingerprint density at radius 1 is 1.20 bits per heavy atom. The molecule has 0 spiro atoms. The summed E-state index contributed by atoms with van der Waals surface area (Å²) in [6.45, 7) is 0.586. The molecule has 1 aliphatic rings. The van der Waals surface area contributed by atoms with Gasteiger partial charge in [-0.15, -0.1) is 0 Å². The topological polar surface area (TPSA) is 20.3 Å². The second-order valence-electron chi connectivity index (χ2n) is 5.11. The molecule has 0 aromatic heterocycles. The van der Waals surface area contributed by atoms with Crippen LogP contribution in [0.25, 0.3) is 0 Å². The maximum absolute atomic E-state index is 13.3. The van der Waals surface area contributed by atoms with E-state index in [1.807, 2.05) is 0 Å². The summed E-state index contributed by atoms with van der Waals surface area (Å²) < 4.78 is 26.2. The van der Waals surface area contributed by atoms with E-state index in [1.54, 1.807) is 4.90 Å². The van der Waals surface area contributed by atoms with Gasteiger partial charge < -0.3 is 4.90 Å². The summed E-state index contributed by atoms with van der Waals surface area (Å²) in [6, 6.07) is 3.56. The fourth-order valence-corrected chi connectivity index (χ4v) is 3.11. The molecule has 1 aromatic rings. The van der Waals surface area contributed by atoms with Crippen LogP contribution in [0.4, 0.5) is 8.78 Å². The third kappa shape index (κ3) is 3.57. The third-order valence-corrected chi connectivity index (χ3v) is 4.12. The Bertz CT molecular complexity index is 475. The van der Waals surface area contributed by atoms with Crippen LogP contribution in [-0.4, -0.2) is 28.7 Å². The number of halogens is 3. The van der Waals surface area contributed by atoms with Crippen LogP contribution >= 0.6 is 15.9 Å². The molecular formula is C15H18BrF2NO. The summed E-state index contributed by atoms with van der Waals surface area (Å²) in [5.74, 6) is -2.11. The Hall–Kier alpha value is -0.970. The molecule has 0 heterocycles. The number of alkyl halides is 1. The van der Waals surface area contributed by atoms with Crippen molar-refractivity contribution in [1.29, 1.82) is 0 Å². The first-order chi connectivity index (χ1) is 9.63. The number of rotatable bonds is 4. The molecule has 1 amide bonds. The third-order valence-electron chi connectivity index (χ3n) is 3.77. The van der Waals surface area contributed by atoms with Gasteiger partial charge in [0.1, 0.15) is 0 Å². The number of amides is 1. The average molecular weight is 346 g/mol. The number of benzene rings is 1. The zero-order valence-electron chi connectivity index (χ0n) is 11.2. The minimum absolute atomic E-state index is 0.210. The summed E-state index contributed by atoms with van der Waals surface area (Å²) in [5.41, 5.74) is 0.218. The first kappa shape index (κ1) is 15.4. The number of hydrogen-bond acceptors (Lipinski definition) is 1. The van der Waals surface area contributed by atoms with E-state index in [9.17, 15) is 13.6 Å². The van der Waals surface area contributed by atoms with E-state index >= 15 is 0 Å². The molecule has 0 radical (unpaired) electrons. The van der Waals surface area contributed by atoms with Crippen molar-refractivity contribution in [2.75, 3.05) is 11.9 Å². The standard InChI is InChI=1S/C15H18BrF2NO/c16-8-9-19(12-4-2-1-3-5-12)15(20)11-6-7-13(17)14(18)10-11/h6-7,10,12H,1-5,8-9H2. The van der Waals surface area contributed by atoms with Gasteiger partial charge >= 0.3 is 0 Å². The van der Waals surface area contributed by atoms with Gasteiger partial charge in [-0.1, -0.05) is 35.2 Å². The molecule has 5 heteroatoms. The Morgan fingerprint density at radius 2 is 1.90 bits per heavy atom. The van der Waals surface area contributed by atoms with Gasteiger partial charge in [-0.3, -0.25) is 4.79 Å². The van der Waals surface area contributed by atoms with Crippen LogP contribution in [0.1, 0.15) is 42.5 Å². The van der Waals surface area contributed by atoms with Crippen molar-refractivity contribution in [2.45, 2.75) is 38.1 Å². The van der Waals surface area contributed by atoms with Crippen LogP contribution in [0.15, 0.2) is 18.2 Å². The van der Waals surface area contributed by atoms with Crippen molar-refractivity contribution in [3.8, 4) is 0 Å². The fourth-order valence-electron chi connectivity index (χ4n) is 2.73. The largest absolute Gasteiger partial charge is 0.335 e. The van der Waals surface area contributed by atoms with Crippen LogP contribution < -0.4 is 0 Å². The molecule has 1 fully saturated rings. The van der Waals surface area contributed by atoms with Crippen LogP contribution in [0.3, 0.4) is 0 Å². The predicted molar refractivity (Wildman–Crippen MR) is 78.1 cm³/mol. The van der Waals surface area contributed by atoms with E-state index in [2.05, 4.69) is 15.9 Å². The SMILES string of the molecule is O=C(c1ccc(F)c(F)c1)N(CCBr)C1CCCCC1. The van der Waals surface area contributed by atoms with Gasteiger partial charge in [0.15, 0.2) is 11.6 Å². The van der Waals surface area contributed by atoms with Crippen LogP contribution in [-0.2, 0) is 0 Å². The van der Waals surface area contributed by atoms with Gasteiger partial charge in [-0.05, 0) is 31.0 Å². The van der Waals surface area contributed by atoms with Crippen molar-refractivity contribution in [2.24, 2.45) is 0 Å². The summed E-state index contributed by atoms with van der Waals surface area (Å²) in [5, 5.41) is 0.679. The summed E-state index contributed by atoms with van der Waals surface area (Å²) in [4.78, 5) is 14.3. The zero-order chi connectivity index (χ0) is 14.5. The number of nitrogens with zero attached hydrogens (tertiary/aromatic N) is 1. The van der Waals surface area contributed by atoms with Gasteiger partial charge in [0, 0.05) is 23.5 Å². The highest BCUT2D eigenvalue weighted by Crippen LogP contribution is 2.24. The Labute approximate surface area is 126 Å². The normalized spacial score (nSPS) is 16.1. The van der Waals surface area contributed by atoms with E-state index in [0.29, 0.717) is 11.9 Å². The highest BCUT2D eigenvalue weighted by molar-refractivity contribution is 9.09. The second-order valence-corrected chi connectivity index (χ2v) is 5.90. The van der Waals surface area contributed by atoms with E-state index in [1.165, 1.54) is 12.5 Å². The highest BCUT2D eigenvalue weighted by atomic mass is 79.9. The number of hydrogen-bond donors (Lipinski definition) is 0. The molecule has 0 aliphatic heterocycles. The molecular weight excluding hydrogens is 328 g/mol. The molecule has 20 heavy (non-hydrogen) atoms.